The van der Waals surface area contributed by atoms with Gasteiger partial charge in [-0.1, -0.05) is 0 Å². The smallest absolute Gasteiger partial charge is 0.356 e. The van der Waals surface area contributed by atoms with Crippen molar-refractivity contribution < 1.29 is 23.5 Å². The fraction of sp³-hybridized carbons (Fsp3) is 0.550. The SMILES string of the molecule is CC(=O)N1CCc2c(c(N3CCCc4cc(-c5cnn(C)c5)c(C(F)F)cc43)nn2C2CCC(N3CCC4(CC3)CN(c3ccc(C(=O)O)nn3)C4)CC2)C1. The molecule has 15 heteroatoms. The topological polar surface area (TPSA) is 129 Å². The highest BCUT2D eigenvalue weighted by atomic mass is 19.3. The number of amides is 1. The molecule has 1 amide bonds. The van der Waals surface area contributed by atoms with Gasteiger partial charge in [0.2, 0.25) is 5.91 Å². The summed E-state index contributed by atoms with van der Waals surface area (Å²) >= 11 is 0. The second-order valence-corrected chi connectivity index (χ2v) is 16.3. The molecule has 0 bridgehead atoms. The van der Waals surface area contributed by atoms with E-state index in [1.54, 1.807) is 43.2 Å². The van der Waals surface area contributed by atoms with E-state index in [4.69, 9.17) is 10.2 Å². The van der Waals surface area contributed by atoms with Crippen LogP contribution in [-0.4, -0.2) is 102 Å². The molecule has 0 unspecified atom stereocenters. The zero-order valence-electron chi connectivity index (χ0n) is 31.5. The van der Waals surface area contributed by atoms with Crippen molar-refractivity contribution in [1.82, 2.24) is 39.6 Å². The van der Waals surface area contributed by atoms with Gasteiger partial charge in [0.15, 0.2) is 17.3 Å². The van der Waals surface area contributed by atoms with Gasteiger partial charge in [0.25, 0.3) is 6.43 Å². The van der Waals surface area contributed by atoms with E-state index >= 15 is 0 Å². The highest BCUT2D eigenvalue weighted by molar-refractivity contribution is 5.85. The third-order valence-electron chi connectivity index (χ3n) is 13.0. The molecule has 4 aromatic rings. The van der Waals surface area contributed by atoms with E-state index in [-0.39, 0.29) is 28.6 Å². The van der Waals surface area contributed by atoms with Crippen LogP contribution in [0.1, 0.15) is 97.2 Å². The van der Waals surface area contributed by atoms with Crippen LogP contribution in [0.5, 0.6) is 0 Å². The highest BCUT2D eigenvalue weighted by Crippen LogP contribution is 2.46. The molecule has 4 aliphatic heterocycles. The molecule has 0 radical (unpaired) electrons. The van der Waals surface area contributed by atoms with Crippen LogP contribution >= 0.6 is 0 Å². The number of aromatic carboxylic acids is 1. The Balaban J connectivity index is 0.907. The number of nitrogens with zero attached hydrogens (tertiary/aromatic N) is 10. The minimum Gasteiger partial charge on any atom is -0.476 e. The molecule has 9 rings (SSSR count). The third-order valence-corrected chi connectivity index (χ3v) is 13.0. The maximum absolute atomic E-state index is 14.7. The van der Waals surface area contributed by atoms with Gasteiger partial charge >= 0.3 is 5.97 Å². The zero-order chi connectivity index (χ0) is 38.0. The zero-order valence-corrected chi connectivity index (χ0v) is 31.5. The molecular formula is C40H48F2N10O3. The summed E-state index contributed by atoms with van der Waals surface area (Å²) in [5.41, 5.74) is 5.48. The number of carbonyl (C=O) groups excluding carboxylic acids is 1. The van der Waals surface area contributed by atoms with Crippen LogP contribution in [0.2, 0.25) is 0 Å². The second kappa shape index (κ2) is 14.0. The van der Waals surface area contributed by atoms with Crippen molar-refractivity contribution >= 4 is 29.2 Å². The summed E-state index contributed by atoms with van der Waals surface area (Å²) in [6.07, 6.45) is 9.70. The van der Waals surface area contributed by atoms with E-state index in [2.05, 4.69) is 34.7 Å². The number of carbonyl (C=O) groups is 2. The lowest BCUT2D eigenvalue weighted by Gasteiger charge is -2.55. The first kappa shape index (κ1) is 35.8. The van der Waals surface area contributed by atoms with E-state index in [1.165, 1.54) is 11.8 Å². The quantitative estimate of drug-likeness (QED) is 0.248. The molecular weight excluding hydrogens is 707 g/mol. The number of likely N-dealkylation sites (tertiary alicyclic amines) is 1. The number of benzene rings is 1. The van der Waals surface area contributed by atoms with Crippen molar-refractivity contribution in [1.29, 1.82) is 0 Å². The lowest BCUT2D eigenvalue weighted by molar-refractivity contribution is -0.129. The van der Waals surface area contributed by atoms with Crippen molar-refractivity contribution in [3.8, 4) is 11.1 Å². The predicted molar refractivity (Wildman–Crippen MR) is 202 cm³/mol. The molecule has 1 spiro atoms. The molecule has 1 aliphatic carbocycles. The van der Waals surface area contributed by atoms with Crippen LogP contribution in [0.25, 0.3) is 11.1 Å². The second-order valence-electron chi connectivity index (χ2n) is 16.3. The molecule has 0 atom stereocenters. The molecule has 55 heavy (non-hydrogen) atoms. The predicted octanol–water partition coefficient (Wildman–Crippen LogP) is 5.78. The van der Waals surface area contributed by atoms with Crippen molar-refractivity contribution in [2.75, 3.05) is 49.1 Å². The molecule has 2 saturated heterocycles. The number of hydrogen-bond donors (Lipinski definition) is 1. The minimum absolute atomic E-state index is 0.00418. The van der Waals surface area contributed by atoms with Gasteiger partial charge in [-0.15, -0.1) is 10.2 Å². The van der Waals surface area contributed by atoms with Crippen molar-refractivity contribution in [2.45, 2.75) is 89.8 Å². The average Bonchev–Trinajstić information content (AvgIpc) is 3.79. The van der Waals surface area contributed by atoms with Crippen LogP contribution < -0.4 is 9.80 Å². The van der Waals surface area contributed by atoms with Gasteiger partial charge in [-0.25, -0.2) is 13.6 Å². The molecule has 1 saturated carbocycles. The van der Waals surface area contributed by atoms with Crippen LogP contribution in [-0.2, 0) is 31.2 Å². The number of alkyl halides is 2. The summed E-state index contributed by atoms with van der Waals surface area (Å²) in [6, 6.07) is 7.65. The number of piperidine rings is 1. The van der Waals surface area contributed by atoms with Gasteiger partial charge < -0.3 is 24.7 Å². The summed E-state index contributed by atoms with van der Waals surface area (Å²) < 4.78 is 33.3. The van der Waals surface area contributed by atoms with Gasteiger partial charge in [-0.3, -0.25) is 14.2 Å². The van der Waals surface area contributed by atoms with Crippen LogP contribution in [0, 0.1) is 5.41 Å². The fourth-order valence-corrected chi connectivity index (χ4v) is 9.96. The standard InChI is InChI=1S/C40H48F2N10O3/c1-25(53)49-15-11-34-32(22-49)38(51-14-3-4-26-18-30(27-20-43-47(2)21-27)31(37(41)42)19-35(26)51)46-52(34)29-7-5-28(6-8-29)48-16-12-40(13-17-48)23-50(24-40)36-10-9-33(39(54)55)44-45-36/h9-10,18-21,28-29,37H,3-8,11-17,22-24H2,1-2H3,(H,54,55). The van der Waals surface area contributed by atoms with Crippen molar-refractivity contribution in [2.24, 2.45) is 12.5 Å². The molecule has 13 nitrogen and oxygen atoms in total. The Morgan fingerprint density at radius 2 is 1.73 bits per heavy atom. The molecule has 1 N–H and O–H groups in total. The first-order valence-electron chi connectivity index (χ1n) is 19.7. The highest BCUT2D eigenvalue weighted by Gasteiger charge is 2.46. The van der Waals surface area contributed by atoms with E-state index in [1.807, 2.05) is 11.0 Å². The average molecular weight is 755 g/mol. The number of aryl methyl sites for hydroxylation is 2. The maximum Gasteiger partial charge on any atom is 0.356 e. The van der Waals surface area contributed by atoms with E-state index in [0.717, 1.165) is 112 Å². The van der Waals surface area contributed by atoms with Gasteiger partial charge in [0.1, 0.15) is 0 Å². The van der Waals surface area contributed by atoms with Crippen LogP contribution in [0.3, 0.4) is 0 Å². The summed E-state index contributed by atoms with van der Waals surface area (Å²) in [5, 5.41) is 26.7. The number of fused-ring (bicyclic) bond motifs is 2. The van der Waals surface area contributed by atoms with Gasteiger partial charge in [-0.05, 0) is 99.8 Å². The van der Waals surface area contributed by atoms with E-state index in [0.29, 0.717) is 36.8 Å². The molecule has 5 aliphatic rings. The lowest BCUT2D eigenvalue weighted by atomic mass is 9.71. The number of halogens is 2. The third kappa shape index (κ3) is 6.53. The summed E-state index contributed by atoms with van der Waals surface area (Å²) in [4.78, 5) is 32.7. The Hall–Kier alpha value is -4.92. The number of anilines is 3. The lowest BCUT2D eigenvalue weighted by Crippen LogP contribution is -2.61. The van der Waals surface area contributed by atoms with E-state index < -0.39 is 12.4 Å². The molecule has 3 fully saturated rings. The van der Waals surface area contributed by atoms with Gasteiger partial charge in [-0.2, -0.15) is 10.2 Å². The van der Waals surface area contributed by atoms with Crippen molar-refractivity contribution in [3.05, 3.63) is 64.7 Å². The Kier molecular flexibility index (Phi) is 9.09. The molecule has 1 aromatic carbocycles. The number of rotatable bonds is 7. The largest absolute Gasteiger partial charge is 0.476 e. The molecule has 290 valence electrons. The number of hydrogen-bond acceptors (Lipinski definition) is 9. The normalized spacial score (nSPS) is 22.5. The Morgan fingerprint density at radius 1 is 0.964 bits per heavy atom. The first-order valence-corrected chi connectivity index (χ1v) is 19.7. The van der Waals surface area contributed by atoms with E-state index in [9.17, 15) is 18.4 Å². The minimum atomic E-state index is -2.65. The van der Waals surface area contributed by atoms with Crippen LogP contribution in [0.4, 0.5) is 26.1 Å². The summed E-state index contributed by atoms with van der Waals surface area (Å²) in [7, 11) is 1.79. The maximum atomic E-state index is 14.7. The number of aromatic nitrogens is 6. The summed E-state index contributed by atoms with van der Waals surface area (Å²) in [5.74, 6) is 0.513. The fourth-order valence-electron chi connectivity index (χ4n) is 9.96. The molecule has 3 aromatic heterocycles. The van der Waals surface area contributed by atoms with Crippen LogP contribution in [0.15, 0.2) is 36.7 Å². The van der Waals surface area contributed by atoms with Gasteiger partial charge in [0.05, 0.1) is 18.8 Å². The number of carboxylic acid groups (broad SMARTS) is 1. The van der Waals surface area contributed by atoms with Crippen molar-refractivity contribution in [3.63, 3.8) is 0 Å². The number of carboxylic acids is 1. The monoisotopic (exact) mass is 754 g/mol. The Labute approximate surface area is 318 Å². The molecule has 7 heterocycles. The first-order chi connectivity index (χ1) is 26.6. The Bertz CT molecular complexity index is 2090. The Morgan fingerprint density at radius 3 is 2.38 bits per heavy atom. The van der Waals surface area contributed by atoms with Gasteiger partial charge in [0, 0.05) is 92.3 Å². The summed E-state index contributed by atoms with van der Waals surface area (Å²) in [6.45, 7) is 7.43.